The van der Waals surface area contributed by atoms with Gasteiger partial charge < -0.3 is 20.9 Å². The van der Waals surface area contributed by atoms with Gasteiger partial charge in [0.2, 0.25) is 0 Å². The number of benzene rings is 2. The zero-order chi connectivity index (χ0) is 26.0. The Kier molecular flexibility index (Phi) is 12.2. The molecule has 1 fully saturated rings. The predicted octanol–water partition coefficient (Wildman–Crippen LogP) is 4.93. The Morgan fingerprint density at radius 1 is 1.11 bits per heavy atom. The van der Waals surface area contributed by atoms with Crippen molar-refractivity contribution in [1.82, 2.24) is 5.32 Å². The lowest BCUT2D eigenvalue weighted by Crippen LogP contribution is -2.53. The van der Waals surface area contributed by atoms with Crippen molar-refractivity contribution in [2.24, 2.45) is 5.92 Å². The minimum Gasteiger partial charge on any atom is -0.482 e. The number of hydrogen-bond donors (Lipinski definition) is 3. The van der Waals surface area contributed by atoms with Gasteiger partial charge in [0.05, 0.1) is 6.10 Å². The molecular weight excluding hydrogens is 555 g/mol. The lowest BCUT2D eigenvalue weighted by molar-refractivity contribution is -0.153. The number of hydrogen-bond acceptors (Lipinski definition) is 5. The van der Waals surface area contributed by atoms with Gasteiger partial charge in [0, 0.05) is 40.8 Å². The van der Waals surface area contributed by atoms with Crippen LogP contribution in [-0.4, -0.2) is 45.8 Å². The van der Waals surface area contributed by atoms with E-state index in [2.05, 4.69) is 43.0 Å². The number of aliphatic hydroxyl groups is 1. The van der Waals surface area contributed by atoms with E-state index in [1.54, 1.807) is 0 Å². The highest BCUT2D eigenvalue weighted by Crippen LogP contribution is 2.31. The van der Waals surface area contributed by atoms with Crippen molar-refractivity contribution in [2.75, 3.05) is 23.8 Å². The van der Waals surface area contributed by atoms with Crippen molar-refractivity contribution >= 4 is 41.3 Å². The molecule has 37 heavy (non-hydrogen) atoms. The number of nitrogens with two attached hydrogens (primary N) is 1. The van der Waals surface area contributed by atoms with Crippen LogP contribution in [0.15, 0.2) is 36.4 Å². The summed E-state index contributed by atoms with van der Waals surface area (Å²) in [5.74, 6) is -1.32. The molecule has 2 aromatic rings. The molecule has 3 rings (SSSR count). The van der Waals surface area contributed by atoms with Crippen LogP contribution in [-0.2, 0) is 29.2 Å². The fraction of sp³-hybridized carbons (Fsp3) is 0.520. The molecule has 0 saturated carbocycles. The van der Waals surface area contributed by atoms with Crippen LogP contribution in [0.4, 0.5) is 23.2 Å². The van der Waals surface area contributed by atoms with Crippen LogP contribution in [0.3, 0.4) is 0 Å². The quantitative estimate of drug-likeness (QED) is 0.315. The monoisotopic (exact) mass is 588 g/mol. The first kappa shape index (κ1) is 33.4. The van der Waals surface area contributed by atoms with Crippen LogP contribution in [0.1, 0.15) is 37.5 Å². The van der Waals surface area contributed by atoms with Crippen LogP contribution < -0.4 is 15.8 Å². The zero-order valence-electron chi connectivity index (χ0n) is 20.8. The molecule has 5 nitrogen and oxygen atoms in total. The van der Waals surface area contributed by atoms with Crippen molar-refractivity contribution in [3.8, 4) is 5.75 Å². The van der Waals surface area contributed by atoms with Crippen molar-refractivity contribution in [1.29, 1.82) is 0 Å². The normalized spacial score (nSPS) is 22.1. The summed E-state index contributed by atoms with van der Waals surface area (Å²) in [4.78, 5) is 0. The smallest absolute Gasteiger partial charge is 0.422 e. The molecule has 1 heterocycles. The average Bonchev–Trinajstić information content (AvgIpc) is 2.75. The number of alkyl halides is 3. The molecule has 4 N–H and O–H groups in total. The van der Waals surface area contributed by atoms with E-state index in [-0.39, 0.29) is 48.2 Å². The van der Waals surface area contributed by atoms with E-state index >= 15 is 0 Å². The molecule has 1 saturated heterocycles. The van der Waals surface area contributed by atoms with Crippen molar-refractivity contribution < 1.29 is 31.6 Å². The molecule has 0 spiro atoms. The SMILES string of the molecule is CC(C)(C)c1cccc(CN[C@H]2C[S@@](=O)C[C@@H](Cc3cc(F)c(N)c(OCC(F)(F)F)c3)[C@@H]2O)c1.Cl.Cl. The Labute approximate surface area is 229 Å². The van der Waals surface area contributed by atoms with Crippen LogP contribution in [0, 0.1) is 11.7 Å². The summed E-state index contributed by atoms with van der Waals surface area (Å²) < 4.78 is 69.1. The summed E-state index contributed by atoms with van der Waals surface area (Å²) in [5, 5.41) is 14.3. The molecule has 2 aromatic carbocycles. The second-order valence-electron chi connectivity index (χ2n) is 10.1. The Bertz CT molecular complexity index is 1070. The van der Waals surface area contributed by atoms with Gasteiger partial charge in [0.1, 0.15) is 17.3 Å². The van der Waals surface area contributed by atoms with Crippen molar-refractivity contribution in [2.45, 2.75) is 57.5 Å². The summed E-state index contributed by atoms with van der Waals surface area (Å²) in [6, 6.07) is 10.0. The third-order valence-corrected chi connectivity index (χ3v) is 7.59. The number of nitrogen functional groups attached to an aromatic ring is 1. The number of halogens is 6. The maximum Gasteiger partial charge on any atom is 0.422 e. The van der Waals surface area contributed by atoms with E-state index < -0.39 is 58.9 Å². The molecule has 0 unspecified atom stereocenters. The topological polar surface area (TPSA) is 84.6 Å². The van der Waals surface area contributed by atoms with Gasteiger partial charge in [-0.05, 0) is 40.7 Å². The molecule has 0 aliphatic carbocycles. The summed E-state index contributed by atoms with van der Waals surface area (Å²) >= 11 is 0. The summed E-state index contributed by atoms with van der Waals surface area (Å²) in [6.07, 6.45) is -5.36. The van der Waals surface area contributed by atoms with E-state index in [1.165, 1.54) is 11.6 Å². The second-order valence-corrected chi connectivity index (χ2v) is 11.6. The van der Waals surface area contributed by atoms with E-state index in [1.807, 2.05) is 12.1 Å². The Morgan fingerprint density at radius 3 is 2.41 bits per heavy atom. The number of rotatable bonds is 7. The predicted molar refractivity (Wildman–Crippen MR) is 144 cm³/mol. The molecule has 0 radical (unpaired) electrons. The highest BCUT2D eigenvalue weighted by atomic mass is 35.5. The van der Waals surface area contributed by atoms with Gasteiger partial charge in [0.15, 0.2) is 6.61 Å². The lowest BCUT2D eigenvalue weighted by Gasteiger charge is -2.35. The minimum atomic E-state index is -4.60. The van der Waals surface area contributed by atoms with Gasteiger partial charge in [-0.3, -0.25) is 4.21 Å². The Balaban J connectivity index is 0.00000342. The van der Waals surface area contributed by atoms with Gasteiger partial charge >= 0.3 is 6.18 Å². The van der Waals surface area contributed by atoms with E-state index in [0.717, 1.165) is 11.6 Å². The van der Waals surface area contributed by atoms with Gasteiger partial charge in [-0.15, -0.1) is 24.8 Å². The third-order valence-electron chi connectivity index (χ3n) is 6.06. The minimum absolute atomic E-state index is 0. The summed E-state index contributed by atoms with van der Waals surface area (Å²) in [7, 11) is -1.22. The first-order valence-electron chi connectivity index (χ1n) is 11.4. The van der Waals surface area contributed by atoms with Gasteiger partial charge in [-0.1, -0.05) is 45.0 Å². The molecule has 12 heteroatoms. The van der Waals surface area contributed by atoms with Crippen molar-refractivity contribution in [3.05, 3.63) is 58.9 Å². The van der Waals surface area contributed by atoms with Crippen LogP contribution in [0.5, 0.6) is 5.75 Å². The van der Waals surface area contributed by atoms with Gasteiger partial charge in [-0.2, -0.15) is 13.2 Å². The zero-order valence-corrected chi connectivity index (χ0v) is 23.3. The van der Waals surface area contributed by atoms with Gasteiger partial charge in [0.25, 0.3) is 0 Å². The first-order chi connectivity index (χ1) is 16.2. The van der Waals surface area contributed by atoms with E-state index in [0.29, 0.717) is 12.1 Å². The van der Waals surface area contributed by atoms with E-state index in [9.17, 15) is 26.9 Å². The molecule has 210 valence electrons. The summed E-state index contributed by atoms with van der Waals surface area (Å²) in [5.41, 5.74) is 7.54. The van der Waals surface area contributed by atoms with Gasteiger partial charge in [-0.25, -0.2) is 4.39 Å². The molecule has 4 atom stereocenters. The molecular formula is C25H34Cl2F4N2O3S. The molecule has 0 aromatic heterocycles. The first-order valence-corrected chi connectivity index (χ1v) is 12.8. The number of nitrogens with one attached hydrogen (secondary N) is 1. The highest BCUT2D eigenvalue weighted by molar-refractivity contribution is 7.85. The standard InChI is InChI=1S/C25H32F4N2O3S.2ClH/c1-24(2,3)18-6-4-5-15(8-18)11-31-20-13-35(33)12-17(23(20)32)7-16-9-19(26)22(30)21(10-16)34-14-25(27,28)29;;/h4-6,8-10,17,20,23,31-32H,7,11-14,30H2,1-3H3;2*1H/t17-,20+,23+,35+;;/m1../s1. The van der Waals surface area contributed by atoms with Crippen LogP contribution in [0.2, 0.25) is 0 Å². The fourth-order valence-electron chi connectivity index (χ4n) is 4.13. The number of aliphatic hydroxyl groups excluding tert-OH is 1. The molecule has 0 bridgehead atoms. The Morgan fingerprint density at radius 2 is 1.78 bits per heavy atom. The Hall–Kier alpha value is -1.59. The summed E-state index contributed by atoms with van der Waals surface area (Å²) in [6.45, 7) is 5.24. The average molecular weight is 590 g/mol. The highest BCUT2D eigenvalue weighted by Gasteiger charge is 2.36. The maximum atomic E-state index is 14.3. The lowest BCUT2D eigenvalue weighted by atomic mass is 9.86. The fourth-order valence-corrected chi connectivity index (χ4v) is 5.78. The number of ether oxygens (including phenoxy) is 1. The van der Waals surface area contributed by atoms with E-state index in [4.69, 9.17) is 5.73 Å². The third kappa shape index (κ3) is 9.58. The second kappa shape index (κ2) is 13.5. The van der Waals surface area contributed by atoms with Crippen molar-refractivity contribution in [3.63, 3.8) is 0 Å². The molecule has 0 amide bonds. The molecule has 1 aliphatic rings. The molecule has 1 aliphatic heterocycles. The maximum absolute atomic E-state index is 14.3. The largest absolute Gasteiger partial charge is 0.482 e. The van der Waals surface area contributed by atoms with Crippen LogP contribution in [0.25, 0.3) is 0 Å². The number of anilines is 1. The van der Waals surface area contributed by atoms with Crippen LogP contribution >= 0.6 is 24.8 Å².